The molecular formula is C17H20N4. The Morgan fingerprint density at radius 2 is 1.95 bits per heavy atom. The molecule has 3 N–H and O–H groups in total. The molecule has 1 atom stereocenters. The monoisotopic (exact) mass is 280 g/mol. The lowest BCUT2D eigenvalue weighted by Gasteiger charge is -2.18. The lowest BCUT2D eigenvalue weighted by Crippen LogP contribution is -2.31. The van der Waals surface area contributed by atoms with Gasteiger partial charge < -0.3 is 0 Å². The summed E-state index contributed by atoms with van der Waals surface area (Å²) in [6, 6.07) is 16.9. The third kappa shape index (κ3) is 2.68. The average Bonchev–Trinajstić information content (AvgIpc) is 3.01. The normalized spacial score (nSPS) is 12.7. The SMILES string of the molecule is CCn1nccc1C(Cc1cccc2ccccc12)NN. The first-order chi connectivity index (χ1) is 10.3. The minimum atomic E-state index is 0.0539. The number of nitrogens with two attached hydrogens (primary N) is 1. The number of hydrogen-bond donors (Lipinski definition) is 2. The van der Waals surface area contributed by atoms with E-state index in [9.17, 15) is 0 Å². The van der Waals surface area contributed by atoms with E-state index in [2.05, 4.69) is 59.9 Å². The summed E-state index contributed by atoms with van der Waals surface area (Å²) in [6.45, 7) is 2.93. The average molecular weight is 280 g/mol. The van der Waals surface area contributed by atoms with Crippen LogP contribution in [0.15, 0.2) is 54.7 Å². The maximum atomic E-state index is 5.79. The van der Waals surface area contributed by atoms with Gasteiger partial charge in [-0.05, 0) is 35.7 Å². The van der Waals surface area contributed by atoms with Crippen LogP contribution in [0, 0.1) is 0 Å². The molecule has 1 aromatic heterocycles. The molecule has 21 heavy (non-hydrogen) atoms. The van der Waals surface area contributed by atoms with Crippen molar-refractivity contribution in [3.8, 4) is 0 Å². The van der Waals surface area contributed by atoms with E-state index in [-0.39, 0.29) is 6.04 Å². The van der Waals surface area contributed by atoms with Crippen molar-refractivity contribution in [1.29, 1.82) is 0 Å². The number of benzene rings is 2. The summed E-state index contributed by atoms with van der Waals surface area (Å²) in [5.41, 5.74) is 5.34. The second-order valence-corrected chi connectivity index (χ2v) is 5.13. The summed E-state index contributed by atoms with van der Waals surface area (Å²) < 4.78 is 1.98. The van der Waals surface area contributed by atoms with E-state index in [4.69, 9.17) is 5.84 Å². The number of nitrogens with zero attached hydrogens (tertiary/aromatic N) is 2. The molecule has 4 heteroatoms. The third-order valence-corrected chi connectivity index (χ3v) is 3.91. The fourth-order valence-corrected chi connectivity index (χ4v) is 2.84. The van der Waals surface area contributed by atoms with Gasteiger partial charge in [0, 0.05) is 12.7 Å². The Morgan fingerprint density at radius 1 is 1.14 bits per heavy atom. The lowest BCUT2D eigenvalue weighted by atomic mass is 9.97. The number of aryl methyl sites for hydroxylation is 1. The minimum absolute atomic E-state index is 0.0539. The van der Waals surface area contributed by atoms with E-state index < -0.39 is 0 Å². The van der Waals surface area contributed by atoms with Crippen molar-refractivity contribution in [2.75, 3.05) is 0 Å². The van der Waals surface area contributed by atoms with Crippen molar-refractivity contribution >= 4 is 10.8 Å². The molecule has 0 saturated heterocycles. The Morgan fingerprint density at radius 3 is 2.76 bits per heavy atom. The summed E-state index contributed by atoms with van der Waals surface area (Å²) in [5, 5.41) is 6.87. The number of aromatic nitrogens is 2. The summed E-state index contributed by atoms with van der Waals surface area (Å²) >= 11 is 0. The van der Waals surface area contributed by atoms with Gasteiger partial charge in [-0.25, -0.2) is 0 Å². The van der Waals surface area contributed by atoms with Crippen LogP contribution in [0.5, 0.6) is 0 Å². The molecule has 0 amide bonds. The van der Waals surface area contributed by atoms with E-state index >= 15 is 0 Å². The molecule has 0 radical (unpaired) electrons. The predicted molar refractivity (Wildman–Crippen MR) is 85.6 cm³/mol. The predicted octanol–water partition coefficient (Wildman–Crippen LogP) is 2.80. The van der Waals surface area contributed by atoms with Crippen molar-refractivity contribution in [2.24, 2.45) is 5.84 Å². The molecule has 0 spiro atoms. The van der Waals surface area contributed by atoms with Gasteiger partial charge in [0.15, 0.2) is 0 Å². The Hall–Kier alpha value is -2.17. The van der Waals surface area contributed by atoms with Gasteiger partial charge in [-0.2, -0.15) is 5.10 Å². The third-order valence-electron chi connectivity index (χ3n) is 3.91. The van der Waals surface area contributed by atoms with E-state index in [1.165, 1.54) is 16.3 Å². The Labute approximate surface area is 124 Å². The molecule has 0 fully saturated rings. The van der Waals surface area contributed by atoms with Gasteiger partial charge in [-0.15, -0.1) is 0 Å². The van der Waals surface area contributed by atoms with Gasteiger partial charge in [0.05, 0.1) is 11.7 Å². The highest BCUT2D eigenvalue weighted by Crippen LogP contribution is 2.24. The van der Waals surface area contributed by atoms with Crippen molar-refractivity contribution in [3.63, 3.8) is 0 Å². The van der Waals surface area contributed by atoms with Gasteiger partial charge >= 0.3 is 0 Å². The largest absolute Gasteiger partial charge is 0.271 e. The van der Waals surface area contributed by atoms with E-state index in [0.29, 0.717) is 0 Å². The van der Waals surface area contributed by atoms with Crippen LogP contribution in [0.4, 0.5) is 0 Å². The standard InChI is InChI=1S/C17H20N4/c1-2-21-17(10-11-19-21)16(20-18)12-14-8-5-7-13-6-3-4-9-15(13)14/h3-11,16,20H,2,12,18H2,1H3. The van der Waals surface area contributed by atoms with Crippen molar-refractivity contribution in [2.45, 2.75) is 25.9 Å². The van der Waals surface area contributed by atoms with Gasteiger partial charge in [0.25, 0.3) is 0 Å². The Balaban J connectivity index is 1.96. The first kappa shape index (κ1) is 13.8. The van der Waals surface area contributed by atoms with Crippen LogP contribution in [0.25, 0.3) is 10.8 Å². The molecule has 2 aromatic carbocycles. The molecule has 0 aliphatic carbocycles. The lowest BCUT2D eigenvalue weighted by molar-refractivity contribution is 0.491. The Kier molecular flexibility index (Phi) is 3.99. The van der Waals surface area contributed by atoms with Gasteiger partial charge in [0.1, 0.15) is 0 Å². The van der Waals surface area contributed by atoms with Crippen molar-refractivity contribution in [1.82, 2.24) is 15.2 Å². The van der Waals surface area contributed by atoms with Crippen LogP contribution in [-0.2, 0) is 13.0 Å². The molecule has 0 bridgehead atoms. The zero-order chi connectivity index (χ0) is 14.7. The molecule has 1 heterocycles. The summed E-state index contributed by atoms with van der Waals surface area (Å²) in [4.78, 5) is 0. The smallest absolute Gasteiger partial charge is 0.0669 e. The molecule has 1 unspecified atom stereocenters. The zero-order valence-electron chi connectivity index (χ0n) is 12.2. The highest BCUT2D eigenvalue weighted by molar-refractivity contribution is 5.85. The summed E-state index contributed by atoms with van der Waals surface area (Å²) in [5.74, 6) is 5.79. The summed E-state index contributed by atoms with van der Waals surface area (Å²) in [7, 11) is 0. The maximum Gasteiger partial charge on any atom is 0.0669 e. The molecule has 108 valence electrons. The first-order valence-corrected chi connectivity index (χ1v) is 7.28. The van der Waals surface area contributed by atoms with Crippen LogP contribution < -0.4 is 11.3 Å². The zero-order valence-corrected chi connectivity index (χ0v) is 12.2. The van der Waals surface area contributed by atoms with Crippen LogP contribution in [-0.4, -0.2) is 9.78 Å². The highest BCUT2D eigenvalue weighted by atomic mass is 15.3. The number of nitrogens with one attached hydrogen (secondary N) is 1. The molecule has 0 aliphatic rings. The van der Waals surface area contributed by atoms with Gasteiger partial charge in [0.2, 0.25) is 0 Å². The second-order valence-electron chi connectivity index (χ2n) is 5.13. The number of rotatable bonds is 5. The van der Waals surface area contributed by atoms with Crippen LogP contribution >= 0.6 is 0 Å². The quantitative estimate of drug-likeness (QED) is 0.558. The second kappa shape index (κ2) is 6.08. The van der Waals surface area contributed by atoms with Crippen molar-refractivity contribution in [3.05, 3.63) is 66.0 Å². The fourth-order valence-electron chi connectivity index (χ4n) is 2.84. The number of fused-ring (bicyclic) bond motifs is 1. The van der Waals surface area contributed by atoms with Crippen molar-refractivity contribution < 1.29 is 0 Å². The van der Waals surface area contributed by atoms with Gasteiger partial charge in [-0.1, -0.05) is 42.5 Å². The molecule has 3 aromatic rings. The van der Waals surface area contributed by atoms with Gasteiger partial charge in [-0.3, -0.25) is 16.0 Å². The summed E-state index contributed by atoms with van der Waals surface area (Å²) in [6.07, 6.45) is 2.66. The number of hydrazine groups is 1. The van der Waals surface area contributed by atoms with Crippen LogP contribution in [0.2, 0.25) is 0 Å². The van der Waals surface area contributed by atoms with Crippen LogP contribution in [0.1, 0.15) is 24.2 Å². The number of hydrogen-bond acceptors (Lipinski definition) is 3. The molecule has 0 saturated carbocycles. The molecule has 0 aliphatic heterocycles. The molecule has 4 nitrogen and oxygen atoms in total. The fraction of sp³-hybridized carbons (Fsp3) is 0.235. The Bertz CT molecular complexity index is 727. The van der Waals surface area contributed by atoms with E-state index in [1.54, 1.807) is 0 Å². The van der Waals surface area contributed by atoms with Crippen LogP contribution in [0.3, 0.4) is 0 Å². The van der Waals surface area contributed by atoms with E-state index in [0.717, 1.165) is 18.7 Å². The van der Waals surface area contributed by atoms with E-state index in [1.807, 2.05) is 16.9 Å². The molecular weight excluding hydrogens is 260 g/mol. The minimum Gasteiger partial charge on any atom is -0.271 e. The topological polar surface area (TPSA) is 55.9 Å². The molecule has 3 rings (SSSR count). The first-order valence-electron chi connectivity index (χ1n) is 7.28. The highest BCUT2D eigenvalue weighted by Gasteiger charge is 2.16. The maximum absolute atomic E-state index is 5.79.